The Hall–Kier alpha value is 0.480. The SMILES string of the molecule is O=C(NC1CCSC1)c1cc(Br)c(Br)s1. The van der Waals surface area contributed by atoms with Gasteiger partial charge < -0.3 is 5.32 Å². The van der Waals surface area contributed by atoms with Crippen LogP contribution in [0.4, 0.5) is 0 Å². The molecule has 0 aromatic carbocycles. The van der Waals surface area contributed by atoms with Gasteiger partial charge in [-0.05, 0) is 50.1 Å². The van der Waals surface area contributed by atoms with Gasteiger partial charge in [0, 0.05) is 16.3 Å². The van der Waals surface area contributed by atoms with Gasteiger partial charge in [-0.15, -0.1) is 11.3 Å². The number of hydrogen-bond donors (Lipinski definition) is 1. The summed E-state index contributed by atoms with van der Waals surface area (Å²) in [4.78, 5) is 12.6. The molecule has 15 heavy (non-hydrogen) atoms. The number of thiophene rings is 1. The Balaban J connectivity index is 2.00. The maximum absolute atomic E-state index is 11.8. The summed E-state index contributed by atoms with van der Waals surface area (Å²) in [6.45, 7) is 0. The average molecular weight is 371 g/mol. The fourth-order valence-corrected chi connectivity index (χ4v) is 4.45. The molecule has 0 aliphatic carbocycles. The van der Waals surface area contributed by atoms with Gasteiger partial charge in [-0.3, -0.25) is 4.79 Å². The maximum atomic E-state index is 11.8. The first-order valence-electron chi connectivity index (χ1n) is 4.50. The predicted octanol–water partition coefficient (Wildman–Crippen LogP) is 3.51. The molecule has 0 spiro atoms. The first-order chi connectivity index (χ1) is 7.16. The minimum absolute atomic E-state index is 0.0406. The molecule has 1 N–H and O–H groups in total. The monoisotopic (exact) mass is 369 g/mol. The fourth-order valence-electron chi connectivity index (χ4n) is 1.36. The third-order valence-corrected chi connectivity index (χ3v) is 6.55. The molecule has 1 atom stereocenters. The van der Waals surface area contributed by atoms with Crippen molar-refractivity contribution in [2.75, 3.05) is 11.5 Å². The zero-order valence-electron chi connectivity index (χ0n) is 7.76. The van der Waals surface area contributed by atoms with E-state index in [1.165, 1.54) is 11.3 Å². The van der Waals surface area contributed by atoms with Gasteiger partial charge in [0.05, 0.1) is 8.66 Å². The van der Waals surface area contributed by atoms with E-state index in [9.17, 15) is 4.79 Å². The lowest BCUT2D eigenvalue weighted by Crippen LogP contribution is -2.34. The van der Waals surface area contributed by atoms with Crippen molar-refractivity contribution in [2.24, 2.45) is 0 Å². The van der Waals surface area contributed by atoms with E-state index in [-0.39, 0.29) is 5.91 Å². The molecule has 1 amide bonds. The number of halogens is 2. The number of carbonyl (C=O) groups is 1. The van der Waals surface area contributed by atoms with Gasteiger partial charge in [-0.2, -0.15) is 11.8 Å². The molecule has 82 valence electrons. The minimum atomic E-state index is 0.0406. The van der Waals surface area contributed by atoms with Crippen molar-refractivity contribution in [1.29, 1.82) is 0 Å². The third kappa shape index (κ3) is 2.99. The van der Waals surface area contributed by atoms with Gasteiger partial charge in [-0.1, -0.05) is 0 Å². The van der Waals surface area contributed by atoms with Crippen molar-refractivity contribution >= 4 is 60.9 Å². The van der Waals surface area contributed by atoms with Gasteiger partial charge in [0.1, 0.15) is 0 Å². The summed E-state index contributed by atoms with van der Waals surface area (Å²) in [5.41, 5.74) is 0. The molecule has 1 unspecified atom stereocenters. The number of nitrogens with one attached hydrogen (secondary N) is 1. The van der Waals surface area contributed by atoms with Gasteiger partial charge >= 0.3 is 0 Å². The highest BCUT2D eigenvalue weighted by Crippen LogP contribution is 2.32. The minimum Gasteiger partial charge on any atom is -0.348 e. The second-order valence-corrected chi connectivity index (χ2v) is 7.64. The molecule has 2 heterocycles. The van der Waals surface area contributed by atoms with Crippen molar-refractivity contribution in [3.63, 3.8) is 0 Å². The van der Waals surface area contributed by atoms with Crippen LogP contribution in [0, 0.1) is 0 Å². The lowest BCUT2D eigenvalue weighted by molar-refractivity contribution is 0.0945. The molecule has 0 bridgehead atoms. The summed E-state index contributed by atoms with van der Waals surface area (Å²) >= 11 is 10.1. The number of carbonyl (C=O) groups excluding carboxylic acids is 1. The standard InChI is InChI=1S/C9H9Br2NOS2/c10-6-3-7(15-8(6)11)9(13)12-5-1-2-14-4-5/h3,5H,1-2,4H2,(H,12,13). The number of rotatable bonds is 2. The Kier molecular flexibility index (Phi) is 4.15. The summed E-state index contributed by atoms with van der Waals surface area (Å²) < 4.78 is 1.91. The lowest BCUT2D eigenvalue weighted by atomic mass is 10.2. The Bertz CT molecular complexity index is 355. The molecule has 1 aliphatic heterocycles. The average Bonchev–Trinajstić information content (AvgIpc) is 2.78. The fraction of sp³-hybridized carbons (Fsp3) is 0.444. The smallest absolute Gasteiger partial charge is 0.261 e. The Morgan fingerprint density at radius 1 is 1.53 bits per heavy atom. The molecule has 1 fully saturated rings. The number of amides is 1. The molecule has 6 heteroatoms. The molecule has 1 aliphatic rings. The van der Waals surface area contributed by atoms with E-state index in [2.05, 4.69) is 37.2 Å². The highest BCUT2D eigenvalue weighted by atomic mass is 79.9. The van der Waals surface area contributed by atoms with E-state index >= 15 is 0 Å². The normalized spacial score (nSPS) is 20.5. The molecular formula is C9H9Br2NOS2. The Morgan fingerprint density at radius 3 is 2.87 bits per heavy atom. The summed E-state index contributed by atoms with van der Waals surface area (Å²) in [5.74, 6) is 2.24. The summed E-state index contributed by atoms with van der Waals surface area (Å²) in [6, 6.07) is 2.20. The van der Waals surface area contributed by atoms with Crippen molar-refractivity contribution in [3.8, 4) is 0 Å². The first kappa shape index (κ1) is 12.0. The van der Waals surface area contributed by atoms with Crippen LogP contribution in [-0.4, -0.2) is 23.5 Å². The van der Waals surface area contributed by atoms with E-state index in [0.29, 0.717) is 6.04 Å². The van der Waals surface area contributed by atoms with E-state index in [4.69, 9.17) is 0 Å². The Labute approximate surface area is 113 Å². The summed E-state index contributed by atoms with van der Waals surface area (Å²) in [6.07, 6.45) is 1.09. The zero-order valence-corrected chi connectivity index (χ0v) is 12.6. The molecular weight excluding hydrogens is 362 g/mol. The van der Waals surface area contributed by atoms with Crippen LogP contribution in [0.1, 0.15) is 16.1 Å². The summed E-state index contributed by atoms with van der Waals surface area (Å²) in [7, 11) is 0. The van der Waals surface area contributed by atoms with Crippen molar-refractivity contribution < 1.29 is 4.79 Å². The second kappa shape index (κ2) is 5.21. The highest BCUT2D eigenvalue weighted by Gasteiger charge is 2.19. The van der Waals surface area contributed by atoms with Crippen molar-refractivity contribution in [2.45, 2.75) is 12.5 Å². The van der Waals surface area contributed by atoms with Gasteiger partial charge in [-0.25, -0.2) is 0 Å². The summed E-state index contributed by atoms with van der Waals surface area (Å²) in [5, 5.41) is 3.04. The van der Waals surface area contributed by atoms with Gasteiger partial charge in [0.15, 0.2) is 0 Å². The zero-order chi connectivity index (χ0) is 10.8. The number of thioether (sulfide) groups is 1. The van der Waals surface area contributed by atoms with Gasteiger partial charge in [0.2, 0.25) is 0 Å². The molecule has 2 nitrogen and oxygen atoms in total. The van der Waals surface area contributed by atoms with Crippen molar-refractivity contribution in [3.05, 3.63) is 19.2 Å². The van der Waals surface area contributed by atoms with E-state index in [1.54, 1.807) is 0 Å². The number of hydrogen-bond acceptors (Lipinski definition) is 3. The van der Waals surface area contributed by atoms with Crippen LogP contribution in [0.25, 0.3) is 0 Å². The molecule has 1 aromatic heterocycles. The molecule has 0 saturated carbocycles. The van der Waals surface area contributed by atoms with E-state index in [0.717, 1.165) is 31.1 Å². The largest absolute Gasteiger partial charge is 0.348 e. The maximum Gasteiger partial charge on any atom is 0.261 e. The van der Waals surface area contributed by atoms with Crippen LogP contribution in [0.2, 0.25) is 0 Å². The quantitative estimate of drug-likeness (QED) is 0.862. The Morgan fingerprint density at radius 2 is 2.33 bits per heavy atom. The predicted molar refractivity (Wildman–Crippen MR) is 72.9 cm³/mol. The van der Waals surface area contributed by atoms with Gasteiger partial charge in [0.25, 0.3) is 5.91 Å². The van der Waals surface area contributed by atoms with E-state index < -0.39 is 0 Å². The molecule has 2 rings (SSSR count). The first-order valence-corrected chi connectivity index (χ1v) is 8.06. The topological polar surface area (TPSA) is 29.1 Å². The van der Waals surface area contributed by atoms with Crippen molar-refractivity contribution in [1.82, 2.24) is 5.32 Å². The highest BCUT2D eigenvalue weighted by molar-refractivity contribution is 9.13. The third-order valence-electron chi connectivity index (χ3n) is 2.13. The van der Waals surface area contributed by atoms with Crippen LogP contribution in [-0.2, 0) is 0 Å². The molecule has 1 aromatic rings. The molecule has 1 saturated heterocycles. The van der Waals surface area contributed by atoms with Crippen LogP contribution in [0.3, 0.4) is 0 Å². The van der Waals surface area contributed by atoms with Crippen LogP contribution < -0.4 is 5.32 Å². The van der Waals surface area contributed by atoms with Crippen LogP contribution >= 0.6 is 55.0 Å². The van der Waals surface area contributed by atoms with E-state index in [1.807, 2.05) is 17.8 Å². The second-order valence-electron chi connectivity index (χ2n) is 3.27. The lowest BCUT2D eigenvalue weighted by Gasteiger charge is -2.09. The molecule has 0 radical (unpaired) electrons. The van der Waals surface area contributed by atoms with Crippen LogP contribution in [0.15, 0.2) is 14.3 Å². The van der Waals surface area contributed by atoms with Crippen LogP contribution in [0.5, 0.6) is 0 Å².